The summed E-state index contributed by atoms with van der Waals surface area (Å²) in [5, 5.41) is 6.71. The van der Waals surface area contributed by atoms with Gasteiger partial charge in [-0.1, -0.05) is 24.3 Å². The lowest BCUT2D eigenvalue weighted by molar-refractivity contribution is 0.331. The van der Waals surface area contributed by atoms with Crippen LogP contribution in [0.4, 0.5) is 0 Å². The number of halogens is 1. The van der Waals surface area contributed by atoms with E-state index in [2.05, 4.69) is 56.7 Å². The van der Waals surface area contributed by atoms with E-state index in [1.54, 1.807) is 13.3 Å². The molecular formula is C22H32IN5O. The topological polar surface area (TPSA) is 61.8 Å². The highest BCUT2D eigenvalue weighted by atomic mass is 127. The second-order valence-electron chi connectivity index (χ2n) is 7.05. The number of hydrogen-bond acceptors (Lipinski definition) is 4. The Morgan fingerprint density at radius 3 is 2.48 bits per heavy atom. The van der Waals surface area contributed by atoms with E-state index in [1.165, 1.54) is 37.1 Å². The Morgan fingerprint density at radius 1 is 1.07 bits per heavy atom. The average molecular weight is 509 g/mol. The van der Waals surface area contributed by atoms with Gasteiger partial charge in [-0.05, 0) is 55.6 Å². The van der Waals surface area contributed by atoms with Gasteiger partial charge in [0.1, 0.15) is 0 Å². The van der Waals surface area contributed by atoms with Crippen LogP contribution in [-0.2, 0) is 19.6 Å². The van der Waals surface area contributed by atoms with Crippen molar-refractivity contribution in [1.82, 2.24) is 20.5 Å². The first-order valence-corrected chi connectivity index (χ1v) is 10.1. The lowest BCUT2D eigenvalue weighted by Crippen LogP contribution is -2.36. The monoisotopic (exact) mass is 509 g/mol. The SMILES string of the molecule is CCNC(=NCc1ccnc(OC)c1)NCc1ccc(CN2CCCC2)cc1.I. The Bertz CT molecular complexity index is 760. The Labute approximate surface area is 191 Å². The van der Waals surface area contributed by atoms with E-state index >= 15 is 0 Å². The van der Waals surface area contributed by atoms with Gasteiger partial charge in [-0.25, -0.2) is 9.98 Å². The first-order chi connectivity index (χ1) is 13.8. The molecule has 0 bridgehead atoms. The second kappa shape index (κ2) is 12.6. The zero-order chi connectivity index (χ0) is 19.6. The molecule has 0 amide bonds. The molecule has 0 unspecified atom stereocenters. The number of rotatable bonds is 8. The number of nitrogens with one attached hydrogen (secondary N) is 2. The number of pyridine rings is 1. The highest BCUT2D eigenvalue weighted by molar-refractivity contribution is 14.0. The highest BCUT2D eigenvalue weighted by Crippen LogP contribution is 2.13. The van der Waals surface area contributed by atoms with Crippen LogP contribution < -0.4 is 15.4 Å². The van der Waals surface area contributed by atoms with Gasteiger partial charge in [0.05, 0.1) is 13.7 Å². The summed E-state index contributed by atoms with van der Waals surface area (Å²) in [4.78, 5) is 11.3. The van der Waals surface area contributed by atoms with E-state index < -0.39 is 0 Å². The van der Waals surface area contributed by atoms with Crippen molar-refractivity contribution >= 4 is 29.9 Å². The lowest BCUT2D eigenvalue weighted by Gasteiger charge is -2.15. The molecule has 29 heavy (non-hydrogen) atoms. The van der Waals surface area contributed by atoms with Gasteiger partial charge in [-0.3, -0.25) is 4.90 Å². The average Bonchev–Trinajstić information content (AvgIpc) is 3.24. The molecule has 1 aliphatic heterocycles. The minimum atomic E-state index is 0. The standard InChI is InChI=1S/C22H31N5O.HI/c1-3-23-22(26-16-20-10-11-24-21(14-20)28-2)25-15-18-6-8-19(9-7-18)17-27-12-4-5-13-27;/h6-11,14H,3-5,12-13,15-17H2,1-2H3,(H2,23,25,26);1H. The molecule has 1 aliphatic rings. The Balaban J connectivity index is 0.00000300. The molecule has 2 N–H and O–H groups in total. The lowest BCUT2D eigenvalue weighted by atomic mass is 10.1. The van der Waals surface area contributed by atoms with Gasteiger partial charge in [-0.2, -0.15) is 0 Å². The number of aliphatic imine (C=N–C) groups is 1. The molecule has 158 valence electrons. The summed E-state index contributed by atoms with van der Waals surface area (Å²) in [7, 11) is 1.62. The van der Waals surface area contributed by atoms with Gasteiger partial charge in [0.15, 0.2) is 5.96 Å². The molecule has 0 spiro atoms. The number of methoxy groups -OCH3 is 1. The van der Waals surface area contributed by atoms with Gasteiger partial charge in [0.25, 0.3) is 0 Å². The van der Waals surface area contributed by atoms with E-state index in [0.717, 1.165) is 31.2 Å². The molecule has 3 rings (SSSR count). The van der Waals surface area contributed by atoms with Crippen LogP contribution in [0.1, 0.15) is 36.5 Å². The van der Waals surface area contributed by atoms with Crippen LogP contribution >= 0.6 is 24.0 Å². The number of aromatic nitrogens is 1. The fourth-order valence-corrected chi connectivity index (χ4v) is 3.32. The zero-order valence-electron chi connectivity index (χ0n) is 17.4. The number of ether oxygens (including phenoxy) is 1. The van der Waals surface area contributed by atoms with Crippen molar-refractivity contribution in [2.75, 3.05) is 26.7 Å². The number of guanidine groups is 1. The van der Waals surface area contributed by atoms with Gasteiger partial charge < -0.3 is 15.4 Å². The minimum absolute atomic E-state index is 0. The van der Waals surface area contributed by atoms with Gasteiger partial charge in [0.2, 0.25) is 5.88 Å². The van der Waals surface area contributed by atoms with Crippen molar-refractivity contribution in [1.29, 1.82) is 0 Å². The summed E-state index contributed by atoms with van der Waals surface area (Å²) in [6, 6.07) is 12.7. The van der Waals surface area contributed by atoms with E-state index in [4.69, 9.17) is 4.74 Å². The molecule has 1 saturated heterocycles. The Kier molecular flexibility index (Phi) is 10.2. The summed E-state index contributed by atoms with van der Waals surface area (Å²) in [6.45, 7) is 7.73. The predicted molar refractivity (Wildman–Crippen MR) is 129 cm³/mol. The van der Waals surface area contributed by atoms with E-state index in [1.807, 2.05) is 12.1 Å². The largest absolute Gasteiger partial charge is 0.481 e. The van der Waals surface area contributed by atoms with Crippen LogP contribution in [0.5, 0.6) is 5.88 Å². The van der Waals surface area contributed by atoms with Gasteiger partial charge in [-0.15, -0.1) is 24.0 Å². The number of nitrogens with zero attached hydrogens (tertiary/aromatic N) is 3. The number of hydrogen-bond donors (Lipinski definition) is 2. The maximum Gasteiger partial charge on any atom is 0.213 e. The molecule has 1 fully saturated rings. The molecule has 2 aromatic rings. The van der Waals surface area contributed by atoms with Crippen LogP contribution in [0.2, 0.25) is 0 Å². The molecule has 2 heterocycles. The third kappa shape index (κ3) is 7.81. The second-order valence-corrected chi connectivity index (χ2v) is 7.05. The van der Waals surface area contributed by atoms with Crippen LogP contribution in [-0.4, -0.2) is 42.6 Å². The predicted octanol–water partition coefficient (Wildman–Crippen LogP) is 3.56. The zero-order valence-corrected chi connectivity index (χ0v) is 19.7. The summed E-state index contributed by atoms with van der Waals surface area (Å²) >= 11 is 0. The van der Waals surface area contributed by atoms with Crippen molar-refractivity contribution < 1.29 is 4.74 Å². The van der Waals surface area contributed by atoms with Crippen molar-refractivity contribution in [2.45, 2.75) is 39.4 Å². The molecule has 1 aromatic carbocycles. The molecule has 0 radical (unpaired) electrons. The van der Waals surface area contributed by atoms with Crippen LogP contribution in [0, 0.1) is 0 Å². The highest BCUT2D eigenvalue weighted by Gasteiger charge is 2.11. The molecular weight excluding hydrogens is 477 g/mol. The molecule has 0 atom stereocenters. The summed E-state index contributed by atoms with van der Waals surface area (Å²) < 4.78 is 5.17. The maximum atomic E-state index is 5.17. The van der Waals surface area contributed by atoms with Crippen molar-refractivity contribution in [3.63, 3.8) is 0 Å². The first kappa shape index (κ1) is 23.4. The first-order valence-electron chi connectivity index (χ1n) is 10.1. The summed E-state index contributed by atoms with van der Waals surface area (Å²) in [5.41, 5.74) is 3.70. The maximum absolute atomic E-state index is 5.17. The van der Waals surface area contributed by atoms with E-state index in [9.17, 15) is 0 Å². The third-order valence-electron chi connectivity index (χ3n) is 4.86. The Hall–Kier alpha value is -1.87. The van der Waals surface area contributed by atoms with Crippen LogP contribution in [0.3, 0.4) is 0 Å². The molecule has 0 saturated carbocycles. The Morgan fingerprint density at radius 2 is 1.79 bits per heavy atom. The normalized spacial score (nSPS) is 14.3. The molecule has 1 aromatic heterocycles. The van der Waals surface area contributed by atoms with Crippen molar-refractivity contribution in [2.24, 2.45) is 4.99 Å². The fraction of sp³-hybridized carbons (Fsp3) is 0.455. The minimum Gasteiger partial charge on any atom is -0.481 e. The fourth-order valence-electron chi connectivity index (χ4n) is 3.32. The van der Waals surface area contributed by atoms with Crippen molar-refractivity contribution in [3.05, 3.63) is 59.3 Å². The van der Waals surface area contributed by atoms with Crippen molar-refractivity contribution in [3.8, 4) is 5.88 Å². The molecule has 6 nitrogen and oxygen atoms in total. The molecule has 0 aliphatic carbocycles. The summed E-state index contributed by atoms with van der Waals surface area (Å²) in [5.74, 6) is 1.42. The number of benzene rings is 1. The van der Waals surface area contributed by atoms with Gasteiger partial charge in [0, 0.05) is 31.9 Å². The van der Waals surface area contributed by atoms with Crippen LogP contribution in [0.25, 0.3) is 0 Å². The summed E-state index contributed by atoms with van der Waals surface area (Å²) in [6.07, 6.45) is 4.41. The number of likely N-dealkylation sites (tertiary alicyclic amines) is 1. The van der Waals surface area contributed by atoms with Crippen LogP contribution in [0.15, 0.2) is 47.6 Å². The van der Waals surface area contributed by atoms with E-state index in [-0.39, 0.29) is 24.0 Å². The van der Waals surface area contributed by atoms with E-state index in [0.29, 0.717) is 12.4 Å². The smallest absolute Gasteiger partial charge is 0.213 e. The van der Waals surface area contributed by atoms with Gasteiger partial charge >= 0.3 is 0 Å². The third-order valence-corrected chi connectivity index (χ3v) is 4.86. The quantitative estimate of drug-likeness (QED) is 0.324. The molecule has 7 heteroatoms.